The fourth-order valence-corrected chi connectivity index (χ4v) is 18.2. The molecular weight excluding hydrogens is 1510 g/mol. The highest BCUT2D eigenvalue weighted by atomic mass is 32.2. The van der Waals surface area contributed by atoms with Crippen LogP contribution in [-0.4, -0.2) is 181 Å². The van der Waals surface area contributed by atoms with Gasteiger partial charge in [-0.05, 0) is 166 Å². The fraction of sp³-hybridized carbons (Fsp3) is 0.322. The third-order valence-corrected chi connectivity index (χ3v) is 24.5. The van der Waals surface area contributed by atoms with Gasteiger partial charge in [0, 0.05) is 109 Å². The summed E-state index contributed by atoms with van der Waals surface area (Å²) >= 11 is 0. The summed E-state index contributed by atoms with van der Waals surface area (Å²) in [4.78, 5) is 106. The number of fused-ring (bicyclic) bond motifs is 4. The van der Waals surface area contributed by atoms with E-state index in [1.54, 1.807) is 63.7 Å². The number of anilines is 3. The van der Waals surface area contributed by atoms with E-state index < -0.39 is 39.7 Å². The Kier molecular flexibility index (Phi) is 22.1. The van der Waals surface area contributed by atoms with Gasteiger partial charge >= 0.3 is 11.4 Å². The van der Waals surface area contributed by atoms with Crippen LogP contribution in [0, 0.1) is 18.6 Å². The molecule has 30 heteroatoms. The fourth-order valence-electron chi connectivity index (χ4n) is 17.3. The number of piperidine rings is 2. The number of nitrogens with zero attached hydrogens (tertiary/aromatic N) is 15. The van der Waals surface area contributed by atoms with Crippen molar-refractivity contribution >= 4 is 96.7 Å². The zero-order chi connectivity index (χ0) is 80.4. The summed E-state index contributed by atoms with van der Waals surface area (Å²) in [6.45, 7) is 11.7. The first-order chi connectivity index (χ1) is 56.9. The van der Waals surface area contributed by atoms with E-state index in [0.717, 1.165) is 159 Å². The van der Waals surface area contributed by atoms with Crippen LogP contribution in [0.3, 0.4) is 0 Å². The van der Waals surface area contributed by atoms with E-state index in [4.69, 9.17) is 14.2 Å². The summed E-state index contributed by atoms with van der Waals surface area (Å²) in [5.74, 6) is 0.816. The SMILES string of the molecule is Cc1ccc(S(=O)(=O)OCCn2c(=O)n(C3CCC(=O)NC3=O)c3ccccc32)cc1.Fc1cccc([C@H]2CCCN2C2=CC3C(=NC=[N+]3c3cccc(N4CCNCC4)n3)C=C2)c1.O=C1CCC(n2c(=O)n(CCN3CCN(c4cccc(-c5cnc6ccc(N7CCC[C@@H]7c7cccc(F)c7)cn56)n4)CC3)c3ccccc32)C(=O)N1. The quantitative estimate of drug-likeness (QED) is 0.0409. The summed E-state index contributed by atoms with van der Waals surface area (Å²) in [6, 6.07) is 50.0. The second-order valence-electron chi connectivity index (χ2n) is 30.4. The van der Waals surface area contributed by atoms with Crippen molar-refractivity contribution < 1.29 is 45.1 Å². The van der Waals surface area contributed by atoms with Gasteiger partial charge in [0.25, 0.3) is 15.9 Å². The third kappa shape index (κ3) is 16.1. The number of aryl methyl sites for hydroxylation is 1. The van der Waals surface area contributed by atoms with Gasteiger partial charge in [0.15, 0.2) is 11.8 Å². The van der Waals surface area contributed by atoms with Crippen LogP contribution in [0.5, 0.6) is 0 Å². The molecule has 600 valence electrons. The highest BCUT2D eigenvalue weighted by Gasteiger charge is 2.38. The molecule has 5 aromatic carbocycles. The Bertz CT molecular complexity index is 6030. The van der Waals surface area contributed by atoms with Crippen LogP contribution in [0.25, 0.3) is 39.1 Å². The molecule has 0 saturated carbocycles. The van der Waals surface area contributed by atoms with E-state index in [1.165, 1.54) is 39.1 Å². The zero-order valence-electron chi connectivity index (χ0n) is 64.6. The lowest BCUT2D eigenvalue weighted by Gasteiger charge is -2.35. The van der Waals surface area contributed by atoms with Gasteiger partial charge in [0.2, 0.25) is 35.8 Å². The first-order valence-corrected chi connectivity index (χ1v) is 41.4. The Morgan fingerprint density at radius 3 is 1.77 bits per heavy atom. The number of allylic oxidation sites excluding steroid dienone is 1. The molecule has 5 atom stereocenters. The second kappa shape index (κ2) is 33.4. The molecule has 6 saturated heterocycles. The molecule has 0 spiro atoms. The van der Waals surface area contributed by atoms with Crippen molar-refractivity contribution in [2.24, 2.45) is 4.99 Å². The molecule has 27 nitrogen and oxygen atoms in total. The second-order valence-corrected chi connectivity index (χ2v) is 32.0. The largest absolute Gasteiger partial charge is 0.365 e. The number of likely N-dealkylation sites (tertiary alicyclic amines) is 1. The number of amides is 4. The standard InChI is InChI=1S/C40H40FN9O3.C26H28FN6.C21H21N3O6S/c41-28-7-3-6-27(24-28)31-11-5-17-47(31)29-13-15-36-42-25-35(49(36)26-29)30-8-4-12-37(43-30)46-21-18-45(19-22-46)20-23-48-32-9-1-2-10-33(32)50(40(48)53)34-14-16-38(51)44-39(34)52;27-20-5-1-4-19(16-20)23-6-3-13-32(23)21-9-10-22-24(17-21)33(18-29-22)26-8-2-7-25(30-26)31-14-11-28-12-15-31;1-14-6-8-15(9-7-14)31(28,29)30-13-12-23-16-4-2-3-5-17(16)24(21(23)27)18-10-11-19(25)22-20(18)26/h1-4,6-10,12-13,15,24-26,31,34H,5,11,14,16-23H2,(H,44,51,52);1-2,4-5,7-10,16-18,23-24,28H,3,6,11-15H2;2-9,18H,10-13H2,1H3,(H,22,25,26)/q;+1;/t31-,34?;23-,24?;/m11./s1. The van der Waals surface area contributed by atoms with Crippen molar-refractivity contribution in [2.75, 3.05) is 93.3 Å². The normalized spacial score (nSPS) is 20.4. The average molecular weight is 1600 g/mol. The minimum atomic E-state index is -3.97. The molecule has 0 radical (unpaired) electrons. The van der Waals surface area contributed by atoms with E-state index in [9.17, 15) is 46.0 Å². The van der Waals surface area contributed by atoms with Crippen LogP contribution >= 0.6 is 0 Å². The minimum absolute atomic E-state index is 0.0181. The topological polar surface area (TPSA) is 276 Å². The number of hydrogen-bond donors (Lipinski definition) is 3. The molecule has 3 N–H and O–H groups in total. The number of imidazole rings is 3. The maximum absolute atomic E-state index is 14.1. The van der Waals surface area contributed by atoms with Gasteiger partial charge in [0.05, 0.1) is 75.5 Å². The van der Waals surface area contributed by atoms with E-state index in [-0.39, 0.29) is 84.6 Å². The number of imide groups is 2. The molecule has 4 amide bonds. The number of rotatable bonds is 18. The van der Waals surface area contributed by atoms with Gasteiger partial charge in [-0.15, -0.1) is 4.99 Å². The number of halogens is 2. The Balaban J connectivity index is 0.000000133. The van der Waals surface area contributed by atoms with Crippen molar-refractivity contribution in [1.29, 1.82) is 0 Å². The number of aromatic nitrogens is 8. The van der Waals surface area contributed by atoms with Crippen molar-refractivity contribution in [3.8, 4) is 11.4 Å². The Morgan fingerprint density at radius 2 is 1.14 bits per heavy atom. The van der Waals surface area contributed by atoms with Crippen molar-refractivity contribution in [2.45, 2.75) is 106 Å². The molecule has 3 unspecified atom stereocenters. The molecule has 6 aromatic heterocycles. The van der Waals surface area contributed by atoms with E-state index in [1.807, 2.05) is 86.2 Å². The van der Waals surface area contributed by atoms with Crippen LogP contribution in [0.4, 0.5) is 31.9 Å². The van der Waals surface area contributed by atoms with Gasteiger partial charge in [-0.3, -0.25) is 61.6 Å². The lowest BCUT2D eigenvalue weighted by molar-refractivity contribution is -0.447. The number of carbonyl (C=O) groups is 4. The predicted octanol–water partition coefficient (Wildman–Crippen LogP) is 9.70. The molecule has 8 aliphatic rings. The molecule has 6 fully saturated rings. The lowest BCUT2D eigenvalue weighted by atomic mass is 10.0. The first-order valence-electron chi connectivity index (χ1n) is 40.0. The number of para-hydroxylation sites is 4. The van der Waals surface area contributed by atoms with Gasteiger partial charge in [0.1, 0.15) is 35.2 Å². The van der Waals surface area contributed by atoms with E-state index in [2.05, 4.69) is 108 Å². The number of nitrogens with one attached hydrogen (secondary N) is 3. The van der Waals surface area contributed by atoms with Crippen molar-refractivity contribution in [3.05, 3.63) is 255 Å². The van der Waals surface area contributed by atoms with Gasteiger partial charge in [-0.1, -0.05) is 83.3 Å². The van der Waals surface area contributed by atoms with Crippen LogP contribution in [0.15, 0.2) is 226 Å². The smallest absolute Gasteiger partial charge is 0.329 e. The highest BCUT2D eigenvalue weighted by Crippen LogP contribution is 2.40. The third-order valence-electron chi connectivity index (χ3n) is 23.2. The minimum Gasteiger partial charge on any atom is -0.365 e. The number of hydrogen-bond acceptors (Lipinski definition) is 19. The van der Waals surface area contributed by atoms with Crippen molar-refractivity contribution in [1.82, 2.24) is 63.4 Å². The molecule has 7 aliphatic heterocycles. The van der Waals surface area contributed by atoms with Crippen LogP contribution < -0.4 is 42.0 Å². The maximum Gasteiger partial charge on any atom is 0.329 e. The highest BCUT2D eigenvalue weighted by molar-refractivity contribution is 7.86. The molecule has 13 heterocycles. The number of piperazine rings is 2. The molecule has 117 heavy (non-hydrogen) atoms. The molecular formula is C87H89F2N18O9S+. The predicted molar refractivity (Wildman–Crippen MR) is 441 cm³/mol. The molecule has 11 aromatic rings. The van der Waals surface area contributed by atoms with Crippen LogP contribution in [0.2, 0.25) is 0 Å². The first kappa shape index (κ1) is 77.2. The molecule has 1 aliphatic carbocycles. The molecule has 0 bridgehead atoms. The number of pyridine rings is 3. The monoisotopic (exact) mass is 1600 g/mol. The van der Waals surface area contributed by atoms with Crippen LogP contribution in [-0.2, 0) is 46.6 Å². The Labute approximate surface area is 673 Å². The Morgan fingerprint density at radius 1 is 0.556 bits per heavy atom. The summed E-state index contributed by atoms with van der Waals surface area (Å²) < 4.78 is 68.2. The zero-order valence-corrected chi connectivity index (χ0v) is 65.4. The van der Waals surface area contributed by atoms with Gasteiger partial charge < -0.3 is 24.9 Å². The summed E-state index contributed by atoms with van der Waals surface area (Å²) in [6.07, 6.45) is 17.4. The summed E-state index contributed by atoms with van der Waals surface area (Å²) in [7, 11) is -3.97. The van der Waals surface area contributed by atoms with E-state index in [0.29, 0.717) is 36.1 Å². The Hall–Kier alpha value is -12.4. The van der Waals surface area contributed by atoms with E-state index >= 15 is 0 Å². The van der Waals surface area contributed by atoms with Crippen molar-refractivity contribution in [3.63, 3.8) is 0 Å². The van der Waals surface area contributed by atoms with Gasteiger partial charge in [-0.25, -0.2) is 32.9 Å². The molecule has 19 rings (SSSR count). The van der Waals surface area contributed by atoms with Gasteiger partial charge in [-0.2, -0.15) is 8.42 Å². The maximum atomic E-state index is 14.1. The summed E-state index contributed by atoms with van der Waals surface area (Å²) in [5, 5.41) is 8.05. The number of aliphatic imine (C=N–C) groups is 1. The number of carbonyl (C=O) groups excluding carboxylic acids is 4. The average Bonchev–Trinajstić information content (AvgIpc) is 1.61. The lowest BCUT2D eigenvalue weighted by Crippen LogP contribution is -2.48. The summed E-state index contributed by atoms with van der Waals surface area (Å²) in [5.41, 5.74) is 10.7. The number of benzene rings is 5. The van der Waals surface area contributed by atoms with Crippen LogP contribution in [0.1, 0.15) is 92.2 Å².